The molecule has 1 rings (SSSR count). The fourth-order valence-electron chi connectivity index (χ4n) is 2.52. The molecule has 3 unspecified atom stereocenters. The summed E-state index contributed by atoms with van der Waals surface area (Å²) in [6.07, 6.45) is 2.73. The zero-order valence-electron chi connectivity index (χ0n) is 9.80. The molecule has 1 heteroatoms. The van der Waals surface area contributed by atoms with Crippen LogP contribution in [0.4, 0.5) is 0 Å². The molecule has 3 atom stereocenters. The van der Waals surface area contributed by atoms with Gasteiger partial charge in [-0.25, -0.2) is 0 Å². The van der Waals surface area contributed by atoms with Gasteiger partial charge in [0.25, 0.3) is 0 Å². The minimum atomic E-state index is 0.0488. The van der Waals surface area contributed by atoms with Crippen molar-refractivity contribution in [3.8, 4) is 0 Å². The van der Waals surface area contributed by atoms with Gasteiger partial charge in [0.05, 0.1) is 0 Å². The highest BCUT2D eigenvalue weighted by Crippen LogP contribution is 2.46. The van der Waals surface area contributed by atoms with Gasteiger partial charge >= 0.3 is 0 Å². The molecular weight excluding hydrogens is 158 g/mol. The maximum absolute atomic E-state index is 6.39. The van der Waals surface area contributed by atoms with E-state index in [0.717, 1.165) is 17.8 Å². The van der Waals surface area contributed by atoms with Crippen LogP contribution >= 0.6 is 0 Å². The minimum Gasteiger partial charge on any atom is -0.325 e. The van der Waals surface area contributed by atoms with Crippen LogP contribution < -0.4 is 5.73 Å². The molecule has 0 spiro atoms. The van der Waals surface area contributed by atoms with E-state index in [9.17, 15) is 0 Å². The Morgan fingerprint density at radius 2 is 1.69 bits per heavy atom. The third-order valence-electron chi connectivity index (χ3n) is 4.23. The monoisotopic (exact) mass is 183 g/mol. The normalized spacial score (nSPS) is 33.2. The first kappa shape index (κ1) is 11.0. The highest BCUT2D eigenvalue weighted by molar-refractivity contribution is 4.99. The van der Waals surface area contributed by atoms with E-state index in [1.165, 1.54) is 12.8 Å². The van der Waals surface area contributed by atoms with Gasteiger partial charge in [-0.15, -0.1) is 0 Å². The first-order valence-corrected chi connectivity index (χ1v) is 5.66. The molecular formula is C12H25N. The largest absolute Gasteiger partial charge is 0.325 e. The molecule has 2 N–H and O–H groups in total. The standard InChI is InChI=1S/C12H25N/c1-8(2)10-6-7-11(10)12(5,13)9(3)4/h8-11H,6-7,13H2,1-5H3. The lowest BCUT2D eigenvalue weighted by Gasteiger charge is -2.50. The molecule has 1 fully saturated rings. The summed E-state index contributed by atoms with van der Waals surface area (Å²) in [4.78, 5) is 0. The molecule has 1 aliphatic carbocycles. The van der Waals surface area contributed by atoms with Crippen LogP contribution in [0, 0.1) is 23.7 Å². The molecule has 1 nitrogen and oxygen atoms in total. The second-order valence-corrected chi connectivity index (χ2v) is 5.61. The van der Waals surface area contributed by atoms with Crippen LogP contribution in [0.1, 0.15) is 47.5 Å². The fourth-order valence-corrected chi connectivity index (χ4v) is 2.52. The molecule has 0 heterocycles. The van der Waals surface area contributed by atoms with Crippen LogP contribution in [-0.4, -0.2) is 5.54 Å². The van der Waals surface area contributed by atoms with Crippen molar-refractivity contribution in [1.82, 2.24) is 0 Å². The van der Waals surface area contributed by atoms with Crippen molar-refractivity contribution in [3.05, 3.63) is 0 Å². The summed E-state index contributed by atoms with van der Waals surface area (Å²) >= 11 is 0. The van der Waals surface area contributed by atoms with Crippen LogP contribution in [0.3, 0.4) is 0 Å². The Labute approximate surface area is 83.1 Å². The highest BCUT2D eigenvalue weighted by atomic mass is 14.8. The average molecular weight is 183 g/mol. The zero-order valence-corrected chi connectivity index (χ0v) is 9.80. The van der Waals surface area contributed by atoms with Gasteiger partial charge in [0.2, 0.25) is 0 Å². The van der Waals surface area contributed by atoms with Gasteiger partial charge in [0.15, 0.2) is 0 Å². The van der Waals surface area contributed by atoms with Crippen molar-refractivity contribution < 1.29 is 0 Å². The van der Waals surface area contributed by atoms with Crippen molar-refractivity contribution in [2.24, 2.45) is 29.4 Å². The molecule has 0 aliphatic heterocycles. The Morgan fingerprint density at radius 1 is 1.15 bits per heavy atom. The number of nitrogens with two attached hydrogens (primary N) is 1. The maximum Gasteiger partial charge on any atom is 0.0180 e. The molecule has 0 radical (unpaired) electrons. The molecule has 0 amide bonds. The fraction of sp³-hybridized carbons (Fsp3) is 1.00. The van der Waals surface area contributed by atoms with Crippen molar-refractivity contribution in [2.45, 2.75) is 53.0 Å². The van der Waals surface area contributed by atoms with E-state index < -0.39 is 0 Å². The summed E-state index contributed by atoms with van der Waals surface area (Å²) < 4.78 is 0. The molecule has 0 aromatic rings. The Morgan fingerprint density at radius 3 is 1.92 bits per heavy atom. The smallest absolute Gasteiger partial charge is 0.0180 e. The Bertz CT molecular complexity index is 170. The van der Waals surface area contributed by atoms with E-state index in [2.05, 4.69) is 34.6 Å². The van der Waals surface area contributed by atoms with Crippen LogP contribution in [0.5, 0.6) is 0 Å². The first-order chi connectivity index (χ1) is 5.87. The van der Waals surface area contributed by atoms with E-state index in [0.29, 0.717) is 5.92 Å². The van der Waals surface area contributed by atoms with Crippen molar-refractivity contribution in [1.29, 1.82) is 0 Å². The molecule has 1 aliphatic rings. The maximum atomic E-state index is 6.39. The number of hydrogen-bond acceptors (Lipinski definition) is 1. The summed E-state index contributed by atoms with van der Waals surface area (Å²) in [6, 6.07) is 0. The SMILES string of the molecule is CC(C)C1CCC1C(C)(N)C(C)C. The van der Waals surface area contributed by atoms with E-state index in [1.807, 2.05) is 0 Å². The van der Waals surface area contributed by atoms with Gasteiger partial charge in [-0.2, -0.15) is 0 Å². The minimum absolute atomic E-state index is 0.0488. The van der Waals surface area contributed by atoms with E-state index in [1.54, 1.807) is 0 Å². The predicted molar refractivity (Wildman–Crippen MR) is 58.5 cm³/mol. The zero-order chi connectivity index (χ0) is 10.2. The molecule has 0 aromatic carbocycles. The summed E-state index contributed by atoms with van der Waals surface area (Å²) in [5.41, 5.74) is 6.44. The molecule has 1 saturated carbocycles. The predicted octanol–water partition coefficient (Wildman–Crippen LogP) is 3.04. The van der Waals surface area contributed by atoms with Crippen LogP contribution in [0.15, 0.2) is 0 Å². The van der Waals surface area contributed by atoms with E-state index in [4.69, 9.17) is 5.73 Å². The third kappa shape index (κ3) is 1.90. The van der Waals surface area contributed by atoms with E-state index in [-0.39, 0.29) is 5.54 Å². The van der Waals surface area contributed by atoms with Crippen LogP contribution in [0.2, 0.25) is 0 Å². The lowest BCUT2D eigenvalue weighted by Crippen LogP contribution is -2.56. The average Bonchev–Trinajstić information content (AvgIpc) is 1.80. The van der Waals surface area contributed by atoms with Crippen LogP contribution in [-0.2, 0) is 0 Å². The van der Waals surface area contributed by atoms with Gasteiger partial charge in [0, 0.05) is 5.54 Å². The molecule has 0 saturated heterocycles. The summed E-state index contributed by atoms with van der Waals surface area (Å²) in [6.45, 7) is 11.4. The second-order valence-electron chi connectivity index (χ2n) is 5.61. The summed E-state index contributed by atoms with van der Waals surface area (Å²) in [5, 5.41) is 0. The Hall–Kier alpha value is -0.0400. The van der Waals surface area contributed by atoms with Gasteiger partial charge in [0.1, 0.15) is 0 Å². The van der Waals surface area contributed by atoms with Crippen molar-refractivity contribution in [2.75, 3.05) is 0 Å². The molecule has 0 bridgehead atoms. The number of rotatable bonds is 3. The van der Waals surface area contributed by atoms with Crippen molar-refractivity contribution in [3.63, 3.8) is 0 Å². The van der Waals surface area contributed by atoms with Gasteiger partial charge in [-0.05, 0) is 43.4 Å². The van der Waals surface area contributed by atoms with Gasteiger partial charge in [-0.1, -0.05) is 27.7 Å². The van der Waals surface area contributed by atoms with Crippen molar-refractivity contribution >= 4 is 0 Å². The quantitative estimate of drug-likeness (QED) is 0.715. The molecule has 13 heavy (non-hydrogen) atoms. The Kier molecular flexibility index (Phi) is 3.06. The first-order valence-electron chi connectivity index (χ1n) is 5.66. The van der Waals surface area contributed by atoms with Gasteiger partial charge in [-0.3, -0.25) is 0 Å². The summed E-state index contributed by atoms with van der Waals surface area (Å²) in [7, 11) is 0. The Balaban J connectivity index is 2.62. The molecule has 0 aromatic heterocycles. The van der Waals surface area contributed by atoms with Gasteiger partial charge < -0.3 is 5.73 Å². The summed E-state index contributed by atoms with van der Waals surface area (Å²) in [5.74, 6) is 3.03. The second kappa shape index (κ2) is 3.61. The lowest BCUT2D eigenvalue weighted by atomic mass is 9.58. The van der Waals surface area contributed by atoms with Crippen LogP contribution in [0.25, 0.3) is 0 Å². The molecule has 78 valence electrons. The van der Waals surface area contributed by atoms with E-state index >= 15 is 0 Å². The topological polar surface area (TPSA) is 26.0 Å². The number of hydrogen-bond donors (Lipinski definition) is 1. The lowest BCUT2D eigenvalue weighted by molar-refractivity contribution is 0.0303. The highest BCUT2D eigenvalue weighted by Gasteiger charge is 2.44. The third-order valence-corrected chi connectivity index (χ3v) is 4.23.